The van der Waals surface area contributed by atoms with Gasteiger partial charge in [-0.15, -0.1) is 0 Å². The predicted octanol–water partition coefficient (Wildman–Crippen LogP) is 0.598. The second-order valence-corrected chi connectivity index (χ2v) is 7.25. The summed E-state index contributed by atoms with van der Waals surface area (Å²) in [5.74, 6) is 0.973. The minimum atomic E-state index is 0.0248. The molecule has 7 nitrogen and oxygen atoms in total. The van der Waals surface area contributed by atoms with Crippen molar-refractivity contribution >= 4 is 11.8 Å². The van der Waals surface area contributed by atoms with Gasteiger partial charge in [0.25, 0.3) is 0 Å². The number of benzene rings is 1. The van der Waals surface area contributed by atoms with E-state index in [-0.39, 0.29) is 11.8 Å². The lowest BCUT2D eigenvalue weighted by Gasteiger charge is -2.33. The van der Waals surface area contributed by atoms with Gasteiger partial charge in [0, 0.05) is 38.8 Å². The van der Waals surface area contributed by atoms with Crippen molar-refractivity contribution in [3.63, 3.8) is 0 Å². The van der Waals surface area contributed by atoms with E-state index in [4.69, 9.17) is 4.74 Å². The number of ether oxygens (including phenoxy) is 1. The summed E-state index contributed by atoms with van der Waals surface area (Å²) in [4.78, 5) is 28.4. The van der Waals surface area contributed by atoms with E-state index < -0.39 is 0 Å². The van der Waals surface area contributed by atoms with Crippen LogP contribution in [0.2, 0.25) is 0 Å². The van der Waals surface area contributed by atoms with Crippen LogP contribution in [-0.2, 0) is 16.1 Å². The van der Waals surface area contributed by atoms with Gasteiger partial charge in [0.1, 0.15) is 5.75 Å². The van der Waals surface area contributed by atoms with Crippen LogP contribution in [0.4, 0.5) is 0 Å². The van der Waals surface area contributed by atoms with Gasteiger partial charge in [0.05, 0.1) is 19.7 Å². The molecule has 1 aliphatic heterocycles. The maximum atomic E-state index is 12.2. The van der Waals surface area contributed by atoms with Crippen LogP contribution in [0, 0.1) is 0 Å². The van der Waals surface area contributed by atoms with Crippen LogP contribution in [0.1, 0.15) is 25.3 Å². The Morgan fingerprint density at radius 1 is 1.07 bits per heavy atom. The lowest BCUT2D eigenvalue weighted by atomic mass is 10.2. The predicted molar refractivity (Wildman–Crippen MR) is 104 cm³/mol. The van der Waals surface area contributed by atoms with Crippen molar-refractivity contribution in [2.24, 2.45) is 0 Å². The van der Waals surface area contributed by atoms with Gasteiger partial charge in [-0.1, -0.05) is 12.1 Å². The van der Waals surface area contributed by atoms with Crippen molar-refractivity contribution in [2.45, 2.75) is 32.4 Å². The van der Waals surface area contributed by atoms with E-state index in [1.54, 1.807) is 0 Å². The standard InChI is InChI=1S/C20H30N4O3/c1-2-27-18-5-3-4-16(12-18)13-21-19(25)14-23-8-10-24(11-9-23)15-20(26)22-17-6-7-17/h3-5,12,17H,2,6-11,13-15H2,1H3,(H,21,25)(H,22,26). The van der Waals surface area contributed by atoms with E-state index in [1.165, 1.54) is 0 Å². The maximum Gasteiger partial charge on any atom is 0.234 e. The van der Waals surface area contributed by atoms with Crippen molar-refractivity contribution in [2.75, 3.05) is 45.9 Å². The van der Waals surface area contributed by atoms with Crippen LogP contribution in [0.5, 0.6) is 5.75 Å². The van der Waals surface area contributed by atoms with Gasteiger partial charge < -0.3 is 15.4 Å². The molecule has 1 aliphatic carbocycles. The molecule has 2 amide bonds. The van der Waals surface area contributed by atoms with E-state index in [0.29, 0.717) is 32.3 Å². The molecule has 7 heteroatoms. The topological polar surface area (TPSA) is 73.9 Å². The number of hydrogen-bond donors (Lipinski definition) is 2. The number of hydrogen-bond acceptors (Lipinski definition) is 5. The summed E-state index contributed by atoms with van der Waals surface area (Å²) in [5.41, 5.74) is 1.03. The fourth-order valence-electron chi connectivity index (χ4n) is 3.18. The summed E-state index contributed by atoms with van der Waals surface area (Å²) in [6.07, 6.45) is 2.23. The van der Waals surface area contributed by atoms with Crippen molar-refractivity contribution in [1.82, 2.24) is 20.4 Å². The summed E-state index contributed by atoms with van der Waals surface area (Å²) in [5, 5.41) is 6.00. The molecular formula is C20H30N4O3. The molecule has 0 spiro atoms. The normalized spacial score (nSPS) is 18.1. The van der Waals surface area contributed by atoms with Crippen LogP contribution in [-0.4, -0.2) is 73.5 Å². The molecule has 0 radical (unpaired) electrons. The zero-order chi connectivity index (χ0) is 19.1. The lowest BCUT2D eigenvalue weighted by Crippen LogP contribution is -2.51. The lowest BCUT2D eigenvalue weighted by molar-refractivity contribution is -0.125. The Morgan fingerprint density at radius 2 is 1.74 bits per heavy atom. The zero-order valence-electron chi connectivity index (χ0n) is 16.1. The van der Waals surface area contributed by atoms with Crippen molar-refractivity contribution in [1.29, 1.82) is 0 Å². The quantitative estimate of drug-likeness (QED) is 0.662. The molecule has 148 valence electrons. The van der Waals surface area contributed by atoms with Gasteiger partial charge in [0.2, 0.25) is 11.8 Å². The van der Waals surface area contributed by atoms with Gasteiger partial charge in [-0.25, -0.2) is 0 Å². The fraction of sp³-hybridized carbons (Fsp3) is 0.600. The highest BCUT2D eigenvalue weighted by Gasteiger charge is 2.25. The first kappa shape index (κ1) is 19.6. The Morgan fingerprint density at radius 3 is 2.37 bits per heavy atom. The van der Waals surface area contributed by atoms with Crippen molar-refractivity contribution < 1.29 is 14.3 Å². The largest absolute Gasteiger partial charge is 0.494 e. The maximum absolute atomic E-state index is 12.2. The third kappa shape index (κ3) is 6.84. The first-order chi connectivity index (χ1) is 13.1. The second kappa shape index (κ2) is 9.71. The summed E-state index contributed by atoms with van der Waals surface area (Å²) in [6.45, 7) is 7.20. The molecule has 0 bridgehead atoms. The molecule has 2 fully saturated rings. The van der Waals surface area contributed by atoms with Gasteiger partial charge in [-0.2, -0.15) is 0 Å². The minimum absolute atomic E-state index is 0.0248. The SMILES string of the molecule is CCOc1cccc(CNC(=O)CN2CCN(CC(=O)NC3CC3)CC2)c1. The summed E-state index contributed by atoms with van der Waals surface area (Å²) in [6, 6.07) is 8.20. The Bertz CT molecular complexity index is 640. The molecule has 0 atom stereocenters. The van der Waals surface area contributed by atoms with Crippen molar-refractivity contribution in [3.8, 4) is 5.75 Å². The van der Waals surface area contributed by atoms with Gasteiger partial charge >= 0.3 is 0 Å². The van der Waals surface area contributed by atoms with Gasteiger partial charge in [-0.3, -0.25) is 19.4 Å². The molecule has 0 aromatic heterocycles. The third-order valence-corrected chi connectivity index (χ3v) is 4.84. The Hall–Kier alpha value is -2.12. The molecule has 2 N–H and O–H groups in total. The van der Waals surface area contributed by atoms with Crippen LogP contribution < -0.4 is 15.4 Å². The highest BCUT2D eigenvalue weighted by atomic mass is 16.5. The van der Waals surface area contributed by atoms with Gasteiger partial charge in [-0.05, 0) is 37.5 Å². The van der Waals surface area contributed by atoms with Crippen LogP contribution >= 0.6 is 0 Å². The molecule has 27 heavy (non-hydrogen) atoms. The Balaban J connectivity index is 1.33. The Kier molecular flexibility index (Phi) is 7.06. The number of carbonyl (C=O) groups is 2. The number of carbonyl (C=O) groups excluding carboxylic acids is 2. The first-order valence-corrected chi connectivity index (χ1v) is 9.85. The molecular weight excluding hydrogens is 344 g/mol. The number of piperazine rings is 1. The minimum Gasteiger partial charge on any atom is -0.494 e. The number of rotatable bonds is 9. The smallest absolute Gasteiger partial charge is 0.234 e. The van der Waals surface area contributed by atoms with Crippen LogP contribution in [0.3, 0.4) is 0 Å². The molecule has 0 unspecified atom stereocenters. The fourth-order valence-corrected chi connectivity index (χ4v) is 3.18. The van der Waals surface area contributed by atoms with Crippen molar-refractivity contribution in [3.05, 3.63) is 29.8 Å². The summed E-state index contributed by atoms with van der Waals surface area (Å²) >= 11 is 0. The van der Waals surface area contributed by atoms with E-state index in [9.17, 15) is 9.59 Å². The number of nitrogens with one attached hydrogen (secondary N) is 2. The van der Waals surface area contributed by atoms with Gasteiger partial charge in [0.15, 0.2) is 0 Å². The zero-order valence-corrected chi connectivity index (χ0v) is 16.1. The highest BCUT2D eigenvalue weighted by molar-refractivity contribution is 5.79. The first-order valence-electron chi connectivity index (χ1n) is 9.85. The molecule has 3 rings (SSSR count). The molecule has 2 aliphatic rings. The monoisotopic (exact) mass is 374 g/mol. The van der Waals surface area contributed by atoms with Crippen LogP contribution in [0.15, 0.2) is 24.3 Å². The molecule has 1 saturated carbocycles. The van der Waals surface area contributed by atoms with E-state index in [0.717, 1.165) is 50.3 Å². The average molecular weight is 374 g/mol. The molecule has 1 aromatic rings. The van der Waals surface area contributed by atoms with E-state index >= 15 is 0 Å². The second-order valence-electron chi connectivity index (χ2n) is 7.25. The molecule has 1 aromatic carbocycles. The molecule has 1 heterocycles. The summed E-state index contributed by atoms with van der Waals surface area (Å²) < 4.78 is 5.48. The molecule has 1 saturated heterocycles. The van der Waals surface area contributed by atoms with E-state index in [1.807, 2.05) is 31.2 Å². The highest BCUT2D eigenvalue weighted by Crippen LogP contribution is 2.18. The third-order valence-electron chi connectivity index (χ3n) is 4.84. The summed E-state index contributed by atoms with van der Waals surface area (Å²) in [7, 11) is 0. The number of nitrogens with zero attached hydrogens (tertiary/aromatic N) is 2. The average Bonchev–Trinajstić information content (AvgIpc) is 3.46. The number of amides is 2. The van der Waals surface area contributed by atoms with E-state index in [2.05, 4.69) is 20.4 Å². The van der Waals surface area contributed by atoms with Crippen LogP contribution in [0.25, 0.3) is 0 Å². The Labute approximate surface area is 161 Å².